The van der Waals surface area contributed by atoms with Crippen molar-refractivity contribution in [1.82, 2.24) is 0 Å². The van der Waals surface area contributed by atoms with Crippen LogP contribution in [0.1, 0.15) is 45.4 Å². The summed E-state index contributed by atoms with van der Waals surface area (Å²) in [5.74, 6) is 2.27. The molecule has 5 heteroatoms. The molecule has 0 aromatic rings. The van der Waals surface area contributed by atoms with E-state index in [0.717, 1.165) is 43.9 Å². The van der Waals surface area contributed by atoms with Crippen molar-refractivity contribution in [3.63, 3.8) is 0 Å². The SMILES string of the molecule is CC(OCC(N)C12CC3CC(CC(C3)C1)C2)C(F)(F)F. The molecule has 20 heavy (non-hydrogen) atoms. The van der Waals surface area contributed by atoms with E-state index in [1.165, 1.54) is 19.3 Å². The van der Waals surface area contributed by atoms with Crippen LogP contribution in [0.3, 0.4) is 0 Å². The zero-order chi connectivity index (χ0) is 14.5. The summed E-state index contributed by atoms with van der Waals surface area (Å²) < 4.78 is 42.5. The lowest BCUT2D eigenvalue weighted by Gasteiger charge is -2.58. The summed E-state index contributed by atoms with van der Waals surface area (Å²) in [5.41, 5.74) is 6.33. The van der Waals surface area contributed by atoms with Gasteiger partial charge in [-0.2, -0.15) is 13.2 Å². The molecule has 2 atom stereocenters. The highest BCUT2D eigenvalue weighted by Gasteiger charge is 2.53. The van der Waals surface area contributed by atoms with Gasteiger partial charge < -0.3 is 10.5 Å². The third-order valence-corrected chi connectivity index (χ3v) is 5.86. The molecule has 4 aliphatic rings. The number of halogens is 3. The summed E-state index contributed by atoms with van der Waals surface area (Å²) in [6, 6.07) is -0.249. The zero-order valence-corrected chi connectivity index (χ0v) is 12.0. The summed E-state index contributed by atoms with van der Waals surface area (Å²) in [7, 11) is 0. The largest absolute Gasteiger partial charge is 0.414 e. The van der Waals surface area contributed by atoms with Gasteiger partial charge in [0.25, 0.3) is 0 Å². The Labute approximate surface area is 118 Å². The van der Waals surface area contributed by atoms with E-state index in [4.69, 9.17) is 10.5 Å². The third kappa shape index (κ3) is 2.59. The molecule has 4 aliphatic carbocycles. The maximum Gasteiger partial charge on any atom is 0.414 e. The quantitative estimate of drug-likeness (QED) is 0.860. The Hall–Kier alpha value is -0.290. The number of alkyl halides is 3. The van der Waals surface area contributed by atoms with Crippen LogP contribution in [0.25, 0.3) is 0 Å². The molecule has 0 amide bonds. The highest BCUT2D eigenvalue weighted by atomic mass is 19.4. The zero-order valence-electron chi connectivity index (χ0n) is 12.0. The monoisotopic (exact) mass is 291 g/mol. The molecule has 0 aliphatic heterocycles. The van der Waals surface area contributed by atoms with Crippen molar-refractivity contribution in [3.05, 3.63) is 0 Å². The molecular formula is C15H24F3NO. The van der Waals surface area contributed by atoms with Crippen molar-refractivity contribution in [2.24, 2.45) is 28.9 Å². The second kappa shape index (κ2) is 4.87. The third-order valence-electron chi connectivity index (χ3n) is 5.86. The molecule has 116 valence electrons. The van der Waals surface area contributed by atoms with Crippen LogP contribution in [0.4, 0.5) is 13.2 Å². The van der Waals surface area contributed by atoms with Crippen molar-refractivity contribution in [1.29, 1.82) is 0 Å². The fourth-order valence-corrected chi connectivity index (χ4v) is 5.15. The molecule has 4 fully saturated rings. The lowest BCUT2D eigenvalue weighted by atomic mass is 9.48. The number of ether oxygens (including phenoxy) is 1. The van der Waals surface area contributed by atoms with Gasteiger partial charge in [-0.3, -0.25) is 0 Å². The van der Waals surface area contributed by atoms with Gasteiger partial charge in [-0.15, -0.1) is 0 Å². The van der Waals surface area contributed by atoms with Gasteiger partial charge >= 0.3 is 6.18 Å². The summed E-state index contributed by atoms with van der Waals surface area (Å²) in [6.45, 7) is 1.10. The van der Waals surface area contributed by atoms with Gasteiger partial charge in [0.1, 0.15) is 0 Å². The van der Waals surface area contributed by atoms with Crippen LogP contribution in [0, 0.1) is 23.2 Å². The number of hydrogen-bond acceptors (Lipinski definition) is 2. The van der Waals surface area contributed by atoms with Crippen LogP contribution in [-0.4, -0.2) is 24.9 Å². The molecule has 0 aromatic heterocycles. The van der Waals surface area contributed by atoms with E-state index in [2.05, 4.69) is 0 Å². The maximum atomic E-state index is 12.5. The summed E-state index contributed by atoms with van der Waals surface area (Å²) in [6.07, 6.45) is 1.23. The predicted molar refractivity (Wildman–Crippen MR) is 70.0 cm³/mol. The summed E-state index contributed by atoms with van der Waals surface area (Å²) in [4.78, 5) is 0. The minimum atomic E-state index is -4.29. The van der Waals surface area contributed by atoms with Gasteiger partial charge in [0.15, 0.2) is 6.10 Å². The Balaban J connectivity index is 1.61. The van der Waals surface area contributed by atoms with Crippen LogP contribution < -0.4 is 5.73 Å². The van der Waals surface area contributed by atoms with Crippen molar-refractivity contribution < 1.29 is 17.9 Å². The topological polar surface area (TPSA) is 35.2 Å². The molecular weight excluding hydrogens is 267 g/mol. The average Bonchev–Trinajstić information content (AvgIpc) is 2.32. The van der Waals surface area contributed by atoms with E-state index in [-0.39, 0.29) is 18.1 Å². The second-order valence-corrected chi connectivity index (χ2v) is 7.40. The van der Waals surface area contributed by atoms with Gasteiger partial charge in [0, 0.05) is 6.04 Å². The highest BCUT2D eigenvalue weighted by molar-refractivity contribution is 5.05. The lowest BCUT2D eigenvalue weighted by molar-refractivity contribution is -0.219. The van der Waals surface area contributed by atoms with Gasteiger partial charge in [-0.1, -0.05) is 0 Å². The van der Waals surface area contributed by atoms with E-state index in [1.807, 2.05) is 0 Å². The Bertz CT molecular complexity index is 333. The molecule has 4 rings (SSSR count). The molecule has 0 heterocycles. The Morgan fingerprint density at radius 3 is 1.95 bits per heavy atom. The van der Waals surface area contributed by atoms with Gasteiger partial charge in [0.2, 0.25) is 0 Å². The second-order valence-electron chi connectivity index (χ2n) is 7.40. The summed E-state index contributed by atoms with van der Waals surface area (Å²) in [5, 5.41) is 0. The summed E-state index contributed by atoms with van der Waals surface area (Å²) >= 11 is 0. The van der Waals surface area contributed by atoms with Crippen LogP contribution in [0.15, 0.2) is 0 Å². The van der Waals surface area contributed by atoms with Crippen LogP contribution in [0.5, 0.6) is 0 Å². The number of nitrogens with two attached hydrogens (primary N) is 1. The molecule has 0 aromatic carbocycles. The van der Waals surface area contributed by atoms with E-state index in [9.17, 15) is 13.2 Å². The van der Waals surface area contributed by atoms with Gasteiger partial charge in [0.05, 0.1) is 6.61 Å². The molecule has 2 N–H and O–H groups in total. The van der Waals surface area contributed by atoms with Crippen molar-refractivity contribution in [2.75, 3.05) is 6.61 Å². The van der Waals surface area contributed by atoms with E-state index >= 15 is 0 Å². The van der Waals surface area contributed by atoms with Crippen LogP contribution >= 0.6 is 0 Å². The molecule has 2 nitrogen and oxygen atoms in total. The number of rotatable bonds is 4. The first-order chi connectivity index (χ1) is 9.28. The van der Waals surface area contributed by atoms with Crippen molar-refractivity contribution in [3.8, 4) is 0 Å². The maximum absolute atomic E-state index is 12.5. The van der Waals surface area contributed by atoms with Crippen molar-refractivity contribution >= 4 is 0 Å². The highest BCUT2D eigenvalue weighted by Crippen LogP contribution is 2.61. The Morgan fingerprint density at radius 1 is 1.10 bits per heavy atom. The van der Waals surface area contributed by atoms with E-state index < -0.39 is 12.3 Å². The van der Waals surface area contributed by atoms with E-state index in [0.29, 0.717) is 0 Å². The van der Waals surface area contributed by atoms with E-state index in [1.54, 1.807) is 0 Å². The minimum Gasteiger partial charge on any atom is -0.367 e. The average molecular weight is 291 g/mol. The van der Waals surface area contributed by atoms with Crippen LogP contribution in [-0.2, 0) is 4.74 Å². The van der Waals surface area contributed by atoms with Gasteiger partial charge in [-0.25, -0.2) is 0 Å². The van der Waals surface area contributed by atoms with Gasteiger partial charge in [-0.05, 0) is 68.6 Å². The predicted octanol–water partition coefficient (Wildman–Crippen LogP) is 3.50. The first-order valence-electron chi connectivity index (χ1n) is 7.72. The minimum absolute atomic E-state index is 0.0346. The standard InChI is InChI=1S/C15H24F3NO/c1-9(15(16,17)18)20-8-13(19)14-5-10-2-11(6-14)4-12(3-10)7-14/h9-13H,2-8,19H2,1H3. The molecule has 4 bridgehead atoms. The fourth-order valence-electron chi connectivity index (χ4n) is 5.15. The first kappa shape index (κ1) is 14.6. The smallest absolute Gasteiger partial charge is 0.367 e. The fraction of sp³-hybridized carbons (Fsp3) is 1.00. The molecule has 2 unspecified atom stereocenters. The Kier molecular flexibility index (Phi) is 3.57. The lowest BCUT2D eigenvalue weighted by Crippen LogP contribution is -2.56. The molecule has 0 radical (unpaired) electrons. The normalized spacial score (nSPS) is 42.8. The molecule has 4 saturated carbocycles. The number of hydrogen-bond donors (Lipinski definition) is 1. The first-order valence-corrected chi connectivity index (χ1v) is 7.72. The Morgan fingerprint density at radius 2 is 1.55 bits per heavy atom. The van der Waals surface area contributed by atoms with Crippen LogP contribution in [0.2, 0.25) is 0 Å². The molecule has 0 saturated heterocycles. The molecule has 0 spiro atoms. The van der Waals surface area contributed by atoms with Crippen molar-refractivity contribution in [2.45, 2.75) is 63.8 Å².